The van der Waals surface area contributed by atoms with Crippen molar-refractivity contribution in [1.29, 1.82) is 0 Å². The summed E-state index contributed by atoms with van der Waals surface area (Å²) in [6.07, 6.45) is -1.36. The fourth-order valence-corrected chi connectivity index (χ4v) is 7.09. The van der Waals surface area contributed by atoms with Gasteiger partial charge in [0.1, 0.15) is 0 Å². The van der Waals surface area contributed by atoms with Gasteiger partial charge in [0.25, 0.3) is 0 Å². The SMILES string of the molecule is O=S(=O)([O-])CC(CC12CC3CC(C1)C1(OCCO1)C(C3)C2)C(F)(F)F. The number of hydrogen-bond donors (Lipinski definition) is 0. The molecule has 1 heterocycles. The molecule has 9 heteroatoms. The molecule has 4 saturated carbocycles. The molecule has 144 valence electrons. The number of alkyl halides is 3. The molecule has 25 heavy (non-hydrogen) atoms. The normalized spacial score (nSPS) is 40.7. The summed E-state index contributed by atoms with van der Waals surface area (Å²) in [5.74, 6) is -3.62. The van der Waals surface area contributed by atoms with Gasteiger partial charge in [-0.15, -0.1) is 0 Å². The van der Waals surface area contributed by atoms with Gasteiger partial charge < -0.3 is 14.0 Å². The third-order valence-corrected chi connectivity index (χ3v) is 7.55. The minimum atomic E-state index is -4.93. The Morgan fingerprint density at radius 2 is 1.64 bits per heavy atom. The molecule has 1 aliphatic heterocycles. The number of hydrogen-bond acceptors (Lipinski definition) is 5. The first kappa shape index (κ1) is 18.0. The van der Waals surface area contributed by atoms with Crippen LogP contribution in [0, 0.1) is 29.1 Å². The first-order valence-corrected chi connectivity index (χ1v) is 10.4. The topological polar surface area (TPSA) is 75.7 Å². The van der Waals surface area contributed by atoms with Gasteiger partial charge in [-0.3, -0.25) is 0 Å². The Hall–Kier alpha value is -0.380. The summed E-state index contributed by atoms with van der Waals surface area (Å²) in [7, 11) is -4.93. The van der Waals surface area contributed by atoms with Crippen molar-refractivity contribution in [2.24, 2.45) is 29.1 Å². The van der Waals surface area contributed by atoms with Gasteiger partial charge in [-0.2, -0.15) is 13.2 Å². The van der Waals surface area contributed by atoms with Crippen LogP contribution in [0.25, 0.3) is 0 Å². The Kier molecular flexibility index (Phi) is 4.00. The summed E-state index contributed by atoms with van der Waals surface area (Å²) in [6, 6.07) is 0. The highest BCUT2D eigenvalue weighted by molar-refractivity contribution is 7.85. The van der Waals surface area contributed by atoms with E-state index in [0.29, 0.717) is 38.4 Å². The zero-order valence-corrected chi connectivity index (χ0v) is 14.6. The number of halogens is 3. The monoisotopic (exact) mass is 383 g/mol. The van der Waals surface area contributed by atoms with Crippen LogP contribution in [-0.2, 0) is 19.6 Å². The van der Waals surface area contributed by atoms with Crippen molar-refractivity contribution >= 4 is 10.1 Å². The minimum absolute atomic E-state index is 0.0685. The third kappa shape index (κ3) is 3.11. The maximum absolute atomic E-state index is 13.4. The molecule has 5 fully saturated rings. The average Bonchev–Trinajstić information content (AvgIpc) is 2.91. The van der Waals surface area contributed by atoms with Gasteiger partial charge in [0.2, 0.25) is 0 Å². The molecule has 0 radical (unpaired) electrons. The summed E-state index contributed by atoms with van der Waals surface area (Å²) in [5.41, 5.74) is -0.554. The molecule has 4 bridgehead atoms. The van der Waals surface area contributed by atoms with Crippen LogP contribution in [0.5, 0.6) is 0 Å². The third-order valence-electron chi connectivity index (χ3n) is 6.74. The van der Waals surface area contributed by atoms with E-state index in [4.69, 9.17) is 9.47 Å². The molecule has 0 aromatic rings. The summed E-state index contributed by atoms with van der Waals surface area (Å²) >= 11 is 0. The largest absolute Gasteiger partial charge is 0.748 e. The molecule has 3 atom stereocenters. The molecule has 5 rings (SSSR count). The van der Waals surface area contributed by atoms with E-state index in [0.717, 1.165) is 12.8 Å². The van der Waals surface area contributed by atoms with Crippen LogP contribution < -0.4 is 0 Å². The fraction of sp³-hybridized carbons (Fsp3) is 1.00. The predicted octanol–water partition coefficient (Wildman–Crippen LogP) is 2.67. The molecule has 5 nitrogen and oxygen atoms in total. The van der Waals surface area contributed by atoms with Crippen molar-refractivity contribution in [3.63, 3.8) is 0 Å². The lowest BCUT2D eigenvalue weighted by Gasteiger charge is -2.63. The van der Waals surface area contributed by atoms with Crippen molar-refractivity contribution in [2.45, 2.75) is 50.5 Å². The summed E-state index contributed by atoms with van der Waals surface area (Å²) in [4.78, 5) is 0. The highest BCUT2D eigenvalue weighted by Gasteiger charge is 2.65. The minimum Gasteiger partial charge on any atom is -0.748 e. The van der Waals surface area contributed by atoms with E-state index in [2.05, 4.69) is 0 Å². The fourth-order valence-electron chi connectivity index (χ4n) is 6.29. The average molecular weight is 383 g/mol. The highest BCUT2D eigenvalue weighted by atomic mass is 32.2. The highest BCUT2D eigenvalue weighted by Crippen LogP contribution is 2.67. The van der Waals surface area contributed by atoms with Crippen molar-refractivity contribution in [2.75, 3.05) is 19.0 Å². The summed E-state index contributed by atoms with van der Waals surface area (Å²) in [6.45, 7) is 1.04. The second kappa shape index (κ2) is 5.56. The van der Waals surface area contributed by atoms with Gasteiger partial charge >= 0.3 is 6.18 Å². The van der Waals surface area contributed by atoms with Gasteiger partial charge in [-0.05, 0) is 49.9 Å². The molecule has 1 saturated heterocycles. The summed E-state index contributed by atoms with van der Waals surface area (Å²) < 4.78 is 84.9. The molecule has 3 unspecified atom stereocenters. The van der Waals surface area contributed by atoms with Crippen LogP contribution >= 0.6 is 0 Å². The van der Waals surface area contributed by atoms with E-state index in [9.17, 15) is 26.1 Å². The predicted molar refractivity (Wildman–Crippen MR) is 79.3 cm³/mol. The van der Waals surface area contributed by atoms with Crippen LogP contribution in [0.1, 0.15) is 38.5 Å². The van der Waals surface area contributed by atoms with Gasteiger partial charge in [-0.25, -0.2) is 8.42 Å². The lowest BCUT2D eigenvalue weighted by Crippen LogP contribution is -2.62. The van der Waals surface area contributed by atoms with Gasteiger partial charge in [-0.1, -0.05) is 0 Å². The van der Waals surface area contributed by atoms with E-state index in [1.807, 2.05) is 0 Å². The van der Waals surface area contributed by atoms with Crippen molar-refractivity contribution in [1.82, 2.24) is 0 Å². The number of ether oxygens (including phenoxy) is 2. The lowest BCUT2D eigenvalue weighted by molar-refractivity contribution is -0.307. The first-order chi connectivity index (χ1) is 11.5. The molecule has 0 aromatic heterocycles. The van der Waals surface area contributed by atoms with E-state index < -0.39 is 39.2 Å². The lowest BCUT2D eigenvalue weighted by atomic mass is 9.46. The molecule has 0 amide bonds. The molecule has 0 aromatic carbocycles. The van der Waals surface area contributed by atoms with Gasteiger partial charge in [0.05, 0.1) is 29.2 Å². The van der Waals surface area contributed by atoms with E-state index in [-0.39, 0.29) is 18.3 Å². The Morgan fingerprint density at radius 3 is 2.12 bits per heavy atom. The second-order valence-electron chi connectivity index (χ2n) is 8.43. The van der Waals surface area contributed by atoms with Crippen molar-refractivity contribution in [3.05, 3.63) is 0 Å². The Bertz CT molecular complexity index is 623. The number of rotatable bonds is 4. The van der Waals surface area contributed by atoms with Crippen LogP contribution in [0.2, 0.25) is 0 Å². The van der Waals surface area contributed by atoms with E-state index >= 15 is 0 Å². The van der Waals surface area contributed by atoms with Gasteiger partial charge in [0, 0.05) is 17.6 Å². The quantitative estimate of drug-likeness (QED) is 0.698. The van der Waals surface area contributed by atoms with Gasteiger partial charge in [0.15, 0.2) is 5.79 Å². The van der Waals surface area contributed by atoms with E-state index in [1.54, 1.807) is 0 Å². The zero-order valence-electron chi connectivity index (χ0n) is 13.8. The van der Waals surface area contributed by atoms with Crippen LogP contribution in [-0.4, -0.2) is 43.9 Å². The van der Waals surface area contributed by atoms with Crippen LogP contribution in [0.15, 0.2) is 0 Å². The zero-order chi connectivity index (χ0) is 18.1. The Balaban J connectivity index is 1.58. The Morgan fingerprint density at radius 1 is 1.08 bits per heavy atom. The standard InChI is InChI=1S/C16H23F3O5S/c17-16(18,19)13(9-25(20,21)22)8-14-5-10-3-11(6-14)15(12(4-10)7-14)23-1-2-24-15/h10-13H,1-9H2,(H,20,21,22)/p-1. The molecule has 4 aliphatic carbocycles. The van der Waals surface area contributed by atoms with Crippen molar-refractivity contribution < 1.29 is 35.6 Å². The maximum atomic E-state index is 13.4. The molecule has 0 N–H and O–H groups in total. The smallest absolute Gasteiger partial charge is 0.392 e. The molecular weight excluding hydrogens is 361 g/mol. The first-order valence-electron chi connectivity index (χ1n) is 8.80. The molecular formula is C16H22F3O5S-. The Labute approximate surface area is 145 Å². The molecule has 5 aliphatic rings. The van der Waals surface area contributed by atoms with Crippen LogP contribution in [0.4, 0.5) is 13.2 Å². The second-order valence-corrected chi connectivity index (χ2v) is 9.88. The van der Waals surface area contributed by atoms with E-state index in [1.165, 1.54) is 0 Å². The summed E-state index contributed by atoms with van der Waals surface area (Å²) in [5, 5.41) is 0. The van der Waals surface area contributed by atoms with Crippen molar-refractivity contribution in [3.8, 4) is 0 Å². The maximum Gasteiger partial charge on any atom is 0.392 e. The van der Waals surface area contributed by atoms with Crippen LogP contribution in [0.3, 0.4) is 0 Å². The molecule has 1 spiro atoms.